The molecule has 8 nitrogen and oxygen atoms in total. The lowest BCUT2D eigenvalue weighted by atomic mass is 10.1. The Labute approximate surface area is 160 Å². The monoisotopic (exact) mass is 379 g/mol. The molecule has 2 aromatic carbocycles. The average molecular weight is 379 g/mol. The van der Waals surface area contributed by atoms with Gasteiger partial charge in [-0.1, -0.05) is 12.1 Å². The van der Waals surface area contributed by atoms with Gasteiger partial charge >= 0.3 is 12.0 Å². The van der Waals surface area contributed by atoms with Gasteiger partial charge in [0.25, 0.3) is 11.8 Å². The molecule has 0 aliphatic carbocycles. The number of anilines is 2. The van der Waals surface area contributed by atoms with Crippen molar-refractivity contribution < 1.29 is 24.3 Å². The number of nitrogens with one attached hydrogen (secondary N) is 1. The fraction of sp³-hybridized carbons (Fsp3) is 0.100. The highest BCUT2D eigenvalue weighted by Gasteiger charge is 2.36. The van der Waals surface area contributed by atoms with E-state index in [4.69, 9.17) is 5.11 Å². The highest BCUT2D eigenvalue weighted by Crippen LogP contribution is 2.23. The molecule has 4 amide bonds. The quantitative estimate of drug-likeness (QED) is 0.622. The van der Waals surface area contributed by atoms with E-state index < -0.39 is 23.8 Å². The maximum absolute atomic E-state index is 12.8. The lowest BCUT2D eigenvalue weighted by Crippen LogP contribution is -2.54. The van der Waals surface area contributed by atoms with Crippen LogP contribution in [0.3, 0.4) is 0 Å². The summed E-state index contributed by atoms with van der Waals surface area (Å²) in [6.45, 7) is 0. The lowest BCUT2D eigenvalue weighted by molar-refractivity contribution is -0.122. The number of hydrogen-bond donors (Lipinski definition) is 2. The van der Waals surface area contributed by atoms with Crippen LogP contribution >= 0.6 is 0 Å². The Kier molecular flexibility index (Phi) is 4.95. The molecule has 3 rings (SSSR count). The number of benzene rings is 2. The van der Waals surface area contributed by atoms with Gasteiger partial charge in [-0.05, 0) is 48.0 Å². The molecule has 0 saturated carbocycles. The normalized spacial score (nSPS) is 15.6. The third-order valence-corrected chi connectivity index (χ3v) is 4.19. The molecule has 0 unspecified atom stereocenters. The van der Waals surface area contributed by atoms with E-state index in [1.165, 1.54) is 30.3 Å². The molecule has 1 fully saturated rings. The molecular weight excluding hydrogens is 362 g/mol. The second-order valence-electron chi connectivity index (χ2n) is 6.30. The molecule has 2 aromatic rings. The maximum atomic E-state index is 12.8. The Balaban J connectivity index is 1.94. The van der Waals surface area contributed by atoms with Crippen LogP contribution in [-0.4, -0.2) is 43.0 Å². The molecule has 0 aromatic heterocycles. The molecule has 0 spiro atoms. The SMILES string of the molecule is CN(C)c1ccc(/C=C2\C(=O)NC(=O)N(c3ccc(C(=O)O)cc3)C2=O)cc1. The summed E-state index contributed by atoms with van der Waals surface area (Å²) >= 11 is 0. The molecule has 142 valence electrons. The molecule has 28 heavy (non-hydrogen) atoms. The van der Waals surface area contributed by atoms with Crippen LogP contribution in [0.1, 0.15) is 15.9 Å². The fourth-order valence-corrected chi connectivity index (χ4v) is 2.68. The van der Waals surface area contributed by atoms with Crippen LogP contribution in [0.2, 0.25) is 0 Å². The van der Waals surface area contributed by atoms with E-state index in [-0.39, 0.29) is 16.8 Å². The van der Waals surface area contributed by atoms with E-state index >= 15 is 0 Å². The summed E-state index contributed by atoms with van der Waals surface area (Å²) in [7, 11) is 3.79. The first kappa shape index (κ1) is 18.8. The molecule has 1 heterocycles. The standard InChI is InChI=1S/C20H17N3O5/c1-22(2)14-7-3-12(4-8-14)11-16-17(24)21-20(28)23(18(16)25)15-9-5-13(6-10-15)19(26)27/h3-11H,1-2H3,(H,26,27)(H,21,24,28)/b16-11+. The first-order valence-electron chi connectivity index (χ1n) is 8.30. The van der Waals surface area contributed by atoms with Crippen molar-refractivity contribution in [2.24, 2.45) is 0 Å². The predicted molar refractivity (Wildman–Crippen MR) is 103 cm³/mol. The highest BCUT2D eigenvalue weighted by atomic mass is 16.4. The van der Waals surface area contributed by atoms with Crippen molar-refractivity contribution in [3.05, 3.63) is 65.2 Å². The summed E-state index contributed by atoms with van der Waals surface area (Å²) in [5, 5.41) is 11.1. The molecule has 0 radical (unpaired) electrons. The van der Waals surface area contributed by atoms with Gasteiger partial charge < -0.3 is 10.0 Å². The van der Waals surface area contributed by atoms with E-state index in [1.54, 1.807) is 12.1 Å². The van der Waals surface area contributed by atoms with Crippen LogP contribution in [0.5, 0.6) is 0 Å². The summed E-state index contributed by atoms with van der Waals surface area (Å²) < 4.78 is 0. The van der Waals surface area contributed by atoms with Crippen molar-refractivity contribution in [1.29, 1.82) is 0 Å². The fourth-order valence-electron chi connectivity index (χ4n) is 2.68. The summed E-state index contributed by atoms with van der Waals surface area (Å²) in [5.41, 5.74) is 1.56. The average Bonchev–Trinajstić information content (AvgIpc) is 2.65. The van der Waals surface area contributed by atoms with Gasteiger partial charge in [-0.25, -0.2) is 14.5 Å². The van der Waals surface area contributed by atoms with Gasteiger partial charge in [0.2, 0.25) is 0 Å². The summed E-state index contributed by atoms with van der Waals surface area (Å²) in [5.74, 6) is -2.70. The molecule has 1 aliphatic heterocycles. The number of aromatic carboxylic acids is 1. The molecule has 0 bridgehead atoms. The largest absolute Gasteiger partial charge is 0.478 e. The number of carbonyl (C=O) groups is 4. The van der Waals surface area contributed by atoms with Crippen molar-refractivity contribution in [3.8, 4) is 0 Å². The predicted octanol–water partition coefficient (Wildman–Crippen LogP) is 2.12. The van der Waals surface area contributed by atoms with Gasteiger partial charge in [0.05, 0.1) is 11.3 Å². The van der Waals surface area contributed by atoms with Crippen LogP contribution in [-0.2, 0) is 9.59 Å². The third kappa shape index (κ3) is 3.61. The second-order valence-corrected chi connectivity index (χ2v) is 6.30. The van der Waals surface area contributed by atoms with Gasteiger partial charge in [-0.3, -0.25) is 14.9 Å². The zero-order valence-corrected chi connectivity index (χ0v) is 15.2. The number of carboxylic acids is 1. The minimum atomic E-state index is -1.13. The molecule has 2 N–H and O–H groups in total. The summed E-state index contributed by atoms with van der Waals surface area (Å²) in [4.78, 5) is 50.8. The van der Waals surface area contributed by atoms with Crippen LogP contribution in [0.4, 0.5) is 16.2 Å². The van der Waals surface area contributed by atoms with Crippen LogP contribution in [0.25, 0.3) is 6.08 Å². The van der Waals surface area contributed by atoms with Gasteiger partial charge in [0.15, 0.2) is 0 Å². The van der Waals surface area contributed by atoms with Crippen molar-refractivity contribution in [2.75, 3.05) is 23.9 Å². The van der Waals surface area contributed by atoms with Crippen LogP contribution < -0.4 is 15.1 Å². The molecule has 1 saturated heterocycles. The van der Waals surface area contributed by atoms with Crippen LogP contribution in [0, 0.1) is 0 Å². The number of hydrogen-bond acceptors (Lipinski definition) is 5. The Morgan fingerprint density at radius 2 is 1.61 bits per heavy atom. The molecular formula is C20H17N3O5. The van der Waals surface area contributed by atoms with Gasteiger partial charge in [-0.15, -0.1) is 0 Å². The number of imide groups is 2. The minimum absolute atomic E-state index is 0.0152. The lowest BCUT2D eigenvalue weighted by Gasteiger charge is -2.26. The summed E-state index contributed by atoms with van der Waals surface area (Å²) in [6.07, 6.45) is 1.40. The van der Waals surface area contributed by atoms with Crippen molar-refractivity contribution in [2.45, 2.75) is 0 Å². The second kappa shape index (κ2) is 7.36. The van der Waals surface area contributed by atoms with E-state index in [1.807, 2.05) is 31.1 Å². The number of rotatable bonds is 4. The number of nitrogens with zero attached hydrogens (tertiary/aromatic N) is 2. The zero-order chi connectivity index (χ0) is 20.4. The maximum Gasteiger partial charge on any atom is 0.335 e. The molecule has 1 aliphatic rings. The van der Waals surface area contributed by atoms with E-state index in [0.717, 1.165) is 10.6 Å². The minimum Gasteiger partial charge on any atom is -0.478 e. The third-order valence-electron chi connectivity index (χ3n) is 4.19. The van der Waals surface area contributed by atoms with Gasteiger partial charge in [0, 0.05) is 19.8 Å². The Hall–Kier alpha value is -3.94. The zero-order valence-electron chi connectivity index (χ0n) is 15.2. The number of carboxylic acid groups (broad SMARTS) is 1. The van der Waals surface area contributed by atoms with Gasteiger partial charge in [-0.2, -0.15) is 0 Å². The van der Waals surface area contributed by atoms with Gasteiger partial charge in [0.1, 0.15) is 5.57 Å². The first-order valence-corrected chi connectivity index (χ1v) is 8.30. The Bertz CT molecular complexity index is 992. The Morgan fingerprint density at radius 1 is 1.00 bits per heavy atom. The van der Waals surface area contributed by atoms with E-state index in [9.17, 15) is 19.2 Å². The van der Waals surface area contributed by atoms with E-state index in [2.05, 4.69) is 5.32 Å². The van der Waals surface area contributed by atoms with Crippen LogP contribution in [0.15, 0.2) is 54.1 Å². The topological polar surface area (TPSA) is 107 Å². The number of carbonyl (C=O) groups excluding carboxylic acids is 3. The van der Waals surface area contributed by atoms with Crippen molar-refractivity contribution in [3.63, 3.8) is 0 Å². The number of urea groups is 1. The molecule has 0 atom stereocenters. The molecule has 8 heteroatoms. The van der Waals surface area contributed by atoms with E-state index in [0.29, 0.717) is 5.56 Å². The Morgan fingerprint density at radius 3 is 2.14 bits per heavy atom. The summed E-state index contributed by atoms with van der Waals surface area (Å²) in [6, 6.07) is 11.5. The highest BCUT2D eigenvalue weighted by molar-refractivity contribution is 6.39. The first-order chi connectivity index (χ1) is 13.3. The smallest absolute Gasteiger partial charge is 0.335 e. The van der Waals surface area contributed by atoms with Crippen molar-refractivity contribution >= 4 is 41.3 Å². The van der Waals surface area contributed by atoms with Crippen molar-refractivity contribution in [1.82, 2.24) is 5.32 Å². The number of amides is 4. The number of barbiturate groups is 1.